The van der Waals surface area contributed by atoms with Crippen LogP contribution in [-0.2, 0) is 19.2 Å². The molecule has 0 aromatic heterocycles. The Labute approximate surface area is 167 Å². The predicted molar refractivity (Wildman–Crippen MR) is 108 cm³/mol. The van der Waals surface area contributed by atoms with Crippen LogP contribution in [-0.4, -0.2) is 99.6 Å². The van der Waals surface area contributed by atoms with Gasteiger partial charge in [0, 0.05) is 91.1 Å². The number of amides is 2. The van der Waals surface area contributed by atoms with Crippen molar-refractivity contribution in [1.82, 2.24) is 20.4 Å². The predicted octanol–water partition coefficient (Wildman–Crippen LogP) is -2.30. The average molecular weight is 401 g/mol. The summed E-state index contributed by atoms with van der Waals surface area (Å²) in [4.78, 5) is 48.8. The number of carbonyl (C=O) groups excluding carboxylic acids is 4. The molecule has 0 aliphatic heterocycles. The molecule has 0 bridgehead atoms. The quantitative estimate of drug-likeness (QED) is 0.177. The minimum absolute atomic E-state index is 0.0795. The van der Waals surface area contributed by atoms with Gasteiger partial charge in [-0.3, -0.25) is 9.59 Å². The van der Waals surface area contributed by atoms with E-state index in [2.05, 4.69) is 10.6 Å². The number of nitrogens with one attached hydrogen (secondary N) is 2. The lowest BCUT2D eigenvalue weighted by molar-refractivity contribution is -0.122. The van der Waals surface area contributed by atoms with E-state index in [0.717, 1.165) is 12.6 Å². The molecule has 0 saturated carbocycles. The molecule has 0 spiro atoms. The molecule has 0 unspecified atom stereocenters. The second kappa shape index (κ2) is 18.5. The number of aldehydes is 2. The zero-order valence-electron chi connectivity index (χ0n) is 16.7. The lowest BCUT2D eigenvalue weighted by atomic mass is 10.3. The van der Waals surface area contributed by atoms with Crippen molar-refractivity contribution in [2.24, 2.45) is 11.5 Å². The van der Waals surface area contributed by atoms with Crippen LogP contribution in [0.1, 0.15) is 25.7 Å². The van der Waals surface area contributed by atoms with E-state index < -0.39 is 0 Å². The summed E-state index contributed by atoms with van der Waals surface area (Å²) in [7, 11) is 0. The zero-order chi connectivity index (χ0) is 21.0. The molecule has 0 aromatic carbocycles. The van der Waals surface area contributed by atoms with E-state index in [0.29, 0.717) is 91.1 Å². The third-order valence-electron chi connectivity index (χ3n) is 4.10. The Hall–Kier alpha value is -1.88. The summed E-state index contributed by atoms with van der Waals surface area (Å²) >= 11 is 0. The van der Waals surface area contributed by atoms with Gasteiger partial charge in [0.15, 0.2) is 0 Å². The number of hydrogen-bond acceptors (Lipinski definition) is 8. The van der Waals surface area contributed by atoms with Crippen molar-refractivity contribution in [3.63, 3.8) is 0 Å². The molecule has 0 radical (unpaired) electrons. The number of nitrogens with two attached hydrogens (primary N) is 2. The van der Waals surface area contributed by atoms with Crippen molar-refractivity contribution in [1.29, 1.82) is 0 Å². The Morgan fingerprint density at radius 2 is 1.18 bits per heavy atom. The molecule has 0 aliphatic rings. The van der Waals surface area contributed by atoms with Gasteiger partial charge in [0.1, 0.15) is 12.6 Å². The largest absolute Gasteiger partial charge is 0.355 e. The highest BCUT2D eigenvalue weighted by Crippen LogP contribution is 1.95. The third-order valence-corrected chi connectivity index (χ3v) is 4.10. The molecule has 28 heavy (non-hydrogen) atoms. The first kappa shape index (κ1) is 26.1. The molecule has 0 rings (SSSR count). The molecule has 0 heterocycles. The highest BCUT2D eigenvalue weighted by molar-refractivity contribution is 5.76. The monoisotopic (exact) mass is 400 g/mol. The number of nitrogens with zero attached hydrogens (tertiary/aromatic N) is 2. The smallest absolute Gasteiger partial charge is 0.221 e. The molecule has 10 heteroatoms. The van der Waals surface area contributed by atoms with Crippen LogP contribution in [0.5, 0.6) is 0 Å². The van der Waals surface area contributed by atoms with Gasteiger partial charge in [-0.1, -0.05) is 0 Å². The molecule has 0 atom stereocenters. The SMILES string of the molecule is NCCNC(=O)CCN(CCC=O)CCNC(=O)CCN(CCN)CCC=O. The van der Waals surface area contributed by atoms with Crippen molar-refractivity contribution >= 4 is 24.4 Å². The van der Waals surface area contributed by atoms with Crippen LogP contribution in [0.4, 0.5) is 0 Å². The molecule has 10 nitrogen and oxygen atoms in total. The van der Waals surface area contributed by atoms with Crippen molar-refractivity contribution in [2.75, 3.05) is 65.4 Å². The fourth-order valence-corrected chi connectivity index (χ4v) is 2.59. The lowest BCUT2D eigenvalue weighted by Crippen LogP contribution is -2.39. The molecule has 0 saturated heterocycles. The number of hydrogen-bond donors (Lipinski definition) is 4. The van der Waals surface area contributed by atoms with Gasteiger partial charge in [-0.15, -0.1) is 0 Å². The van der Waals surface area contributed by atoms with E-state index in [1.54, 1.807) is 0 Å². The Kier molecular flexibility index (Phi) is 17.2. The van der Waals surface area contributed by atoms with Crippen LogP contribution >= 0.6 is 0 Å². The van der Waals surface area contributed by atoms with Gasteiger partial charge in [-0.05, 0) is 0 Å². The standard InChI is InChI=1S/C18H36N6O4/c19-5-7-21-17(27)4-12-24(10-2-16-26)14-8-22-18(28)3-11-23(13-6-20)9-1-15-25/h15-16H,1-14,19-20H2,(H,21,27)(H,22,28). The highest BCUT2D eigenvalue weighted by Gasteiger charge is 2.10. The summed E-state index contributed by atoms with van der Waals surface area (Å²) in [5.41, 5.74) is 10.9. The minimum atomic E-state index is -0.0825. The van der Waals surface area contributed by atoms with E-state index >= 15 is 0 Å². The van der Waals surface area contributed by atoms with Crippen molar-refractivity contribution in [3.05, 3.63) is 0 Å². The molecule has 6 N–H and O–H groups in total. The first-order chi connectivity index (χ1) is 13.6. The van der Waals surface area contributed by atoms with Crippen LogP contribution in [0.25, 0.3) is 0 Å². The Morgan fingerprint density at radius 1 is 0.679 bits per heavy atom. The van der Waals surface area contributed by atoms with Crippen LogP contribution in [0, 0.1) is 0 Å². The highest BCUT2D eigenvalue weighted by atomic mass is 16.2. The second-order valence-electron chi connectivity index (χ2n) is 6.37. The molecule has 2 amide bonds. The average Bonchev–Trinajstić information content (AvgIpc) is 2.69. The molecule has 0 aliphatic carbocycles. The third kappa shape index (κ3) is 15.2. The number of rotatable bonds is 19. The van der Waals surface area contributed by atoms with Gasteiger partial charge in [0.25, 0.3) is 0 Å². The van der Waals surface area contributed by atoms with Crippen LogP contribution in [0.15, 0.2) is 0 Å². The van der Waals surface area contributed by atoms with Gasteiger partial charge >= 0.3 is 0 Å². The summed E-state index contributed by atoms with van der Waals surface area (Å²) < 4.78 is 0. The van der Waals surface area contributed by atoms with Gasteiger partial charge in [-0.25, -0.2) is 0 Å². The van der Waals surface area contributed by atoms with Gasteiger partial charge < -0.3 is 41.5 Å². The maximum atomic E-state index is 12.0. The number of carbonyl (C=O) groups is 4. The molecule has 0 fully saturated rings. The van der Waals surface area contributed by atoms with Gasteiger partial charge in [-0.2, -0.15) is 0 Å². The van der Waals surface area contributed by atoms with E-state index in [-0.39, 0.29) is 11.8 Å². The molecule has 162 valence electrons. The van der Waals surface area contributed by atoms with E-state index in [1.165, 1.54) is 0 Å². The van der Waals surface area contributed by atoms with Crippen LogP contribution in [0.2, 0.25) is 0 Å². The van der Waals surface area contributed by atoms with Crippen LogP contribution in [0.3, 0.4) is 0 Å². The Bertz CT molecular complexity index is 450. The van der Waals surface area contributed by atoms with Gasteiger partial charge in [0.2, 0.25) is 11.8 Å². The molecular formula is C18H36N6O4. The molecule has 0 aromatic rings. The second-order valence-corrected chi connectivity index (χ2v) is 6.37. The zero-order valence-corrected chi connectivity index (χ0v) is 16.7. The lowest BCUT2D eigenvalue weighted by Gasteiger charge is -2.22. The summed E-state index contributed by atoms with van der Waals surface area (Å²) in [6.07, 6.45) is 3.14. The van der Waals surface area contributed by atoms with Crippen molar-refractivity contribution in [2.45, 2.75) is 25.7 Å². The fraction of sp³-hybridized carbons (Fsp3) is 0.778. The maximum absolute atomic E-state index is 12.0. The van der Waals surface area contributed by atoms with Crippen molar-refractivity contribution < 1.29 is 19.2 Å². The minimum Gasteiger partial charge on any atom is -0.355 e. The Morgan fingerprint density at radius 3 is 1.64 bits per heavy atom. The Balaban J connectivity index is 4.16. The maximum Gasteiger partial charge on any atom is 0.221 e. The summed E-state index contributed by atoms with van der Waals surface area (Å²) in [6.45, 7) is 5.15. The topological polar surface area (TPSA) is 151 Å². The first-order valence-corrected chi connectivity index (χ1v) is 9.82. The fourth-order valence-electron chi connectivity index (χ4n) is 2.59. The summed E-state index contributed by atoms with van der Waals surface area (Å²) in [6, 6.07) is 0. The van der Waals surface area contributed by atoms with Gasteiger partial charge in [0.05, 0.1) is 0 Å². The van der Waals surface area contributed by atoms with E-state index in [4.69, 9.17) is 11.5 Å². The van der Waals surface area contributed by atoms with E-state index in [9.17, 15) is 19.2 Å². The molecular weight excluding hydrogens is 364 g/mol. The van der Waals surface area contributed by atoms with E-state index in [1.807, 2.05) is 9.80 Å². The van der Waals surface area contributed by atoms with Crippen molar-refractivity contribution in [3.8, 4) is 0 Å². The normalized spacial score (nSPS) is 10.9. The van der Waals surface area contributed by atoms with Crippen LogP contribution < -0.4 is 22.1 Å². The first-order valence-electron chi connectivity index (χ1n) is 9.82. The summed E-state index contributed by atoms with van der Waals surface area (Å²) in [5, 5.41) is 5.56. The summed E-state index contributed by atoms with van der Waals surface area (Å²) in [5.74, 6) is -0.162.